The summed E-state index contributed by atoms with van der Waals surface area (Å²) in [5.74, 6) is -0.733. The first-order chi connectivity index (χ1) is 10.4. The average Bonchev–Trinajstić information content (AvgIpc) is 3.00. The predicted octanol–water partition coefficient (Wildman–Crippen LogP) is 2.48. The van der Waals surface area contributed by atoms with Crippen molar-refractivity contribution in [2.45, 2.75) is 12.6 Å². The van der Waals surface area contributed by atoms with E-state index in [0.29, 0.717) is 6.54 Å². The molecule has 22 heavy (non-hydrogen) atoms. The van der Waals surface area contributed by atoms with E-state index in [2.05, 4.69) is 5.32 Å². The van der Waals surface area contributed by atoms with Crippen molar-refractivity contribution in [3.8, 4) is 5.75 Å². The van der Waals surface area contributed by atoms with Crippen LogP contribution in [-0.2, 0) is 15.7 Å². The number of ether oxygens (including phenoxy) is 2. The quantitative estimate of drug-likeness (QED) is 0.848. The first-order valence-electron chi connectivity index (χ1n) is 7.00. The van der Waals surface area contributed by atoms with Gasteiger partial charge in [-0.15, -0.1) is 0 Å². The molecule has 7 heteroatoms. The van der Waals surface area contributed by atoms with Gasteiger partial charge in [0.05, 0.1) is 18.6 Å². The Kier molecular flexibility index (Phi) is 5.28. The highest BCUT2D eigenvalue weighted by Crippen LogP contribution is 2.31. The van der Waals surface area contributed by atoms with Crippen LogP contribution in [0.1, 0.15) is 12.0 Å². The summed E-state index contributed by atoms with van der Waals surface area (Å²) in [6, 6.07) is 4.63. The van der Waals surface area contributed by atoms with Crippen LogP contribution in [0.5, 0.6) is 5.75 Å². The van der Waals surface area contributed by atoms with Crippen LogP contribution in [0.3, 0.4) is 0 Å². The Morgan fingerprint density at radius 3 is 2.82 bits per heavy atom. The molecular weight excluding hydrogens is 299 g/mol. The Labute approximate surface area is 126 Å². The zero-order valence-electron chi connectivity index (χ0n) is 12.2. The Hall–Kier alpha value is -1.76. The molecule has 1 fully saturated rings. The van der Waals surface area contributed by atoms with Gasteiger partial charge < -0.3 is 14.8 Å². The number of esters is 1. The second-order valence-corrected chi connectivity index (χ2v) is 5.22. The van der Waals surface area contributed by atoms with Gasteiger partial charge in [-0.2, -0.15) is 13.2 Å². The maximum atomic E-state index is 12.7. The minimum absolute atomic E-state index is 0.000328. The highest BCUT2D eigenvalue weighted by Gasteiger charge is 2.33. The molecule has 0 bridgehead atoms. The predicted molar refractivity (Wildman–Crippen MR) is 73.4 cm³/mol. The van der Waals surface area contributed by atoms with E-state index in [-0.39, 0.29) is 18.3 Å². The van der Waals surface area contributed by atoms with E-state index in [9.17, 15) is 18.0 Å². The molecule has 122 valence electrons. The number of rotatable bonds is 5. The van der Waals surface area contributed by atoms with Gasteiger partial charge in [-0.05, 0) is 43.6 Å². The molecule has 0 aromatic heterocycles. The maximum Gasteiger partial charge on any atom is 0.416 e. The molecule has 2 unspecified atom stereocenters. The van der Waals surface area contributed by atoms with Gasteiger partial charge in [-0.1, -0.05) is 6.07 Å². The van der Waals surface area contributed by atoms with Crippen LogP contribution in [0.4, 0.5) is 13.2 Å². The Morgan fingerprint density at radius 1 is 1.45 bits per heavy atom. The third-order valence-corrected chi connectivity index (χ3v) is 3.76. The third kappa shape index (κ3) is 4.13. The first kappa shape index (κ1) is 16.6. The van der Waals surface area contributed by atoms with Gasteiger partial charge in [-0.3, -0.25) is 4.79 Å². The van der Waals surface area contributed by atoms with Crippen molar-refractivity contribution in [3.63, 3.8) is 0 Å². The maximum absolute atomic E-state index is 12.7. The molecule has 1 aromatic carbocycles. The SMILES string of the molecule is COC(=O)C(COc1cccc(C(F)(F)F)c1)C1CCNC1. The van der Waals surface area contributed by atoms with Crippen molar-refractivity contribution in [2.75, 3.05) is 26.8 Å². The van der Waals surface area contributed by atoms with E-state index < -0.39 is 23.6 Å². The van der Waals surface area contributed by atoms with Crippen molar-refractivity contribution in [1.82, 2.24) is 5.32 Å². The number of nitrogens with one attached hydrogen (secondary N) is 1. The van der Waals surface area contributed by atoms with Gasteiger partial charge in [0.1, 0.15) is 12.4 Å². The normalized spacial score (nSPS) is 19.7. The van der Waals surface area contributed by atoms with Crippen molar-refractivity contribution in [3.05, 3.63) is 29.8 Å². The molecule has 0 amide bonds. The summed E-state index contributed by atoms with van der Waals surface area (Å²) in [5, 5.41) is 3.15. The number of carbonyl (C=O) groups excluding carboxylic acids is 1. The molecule has 2 rings (SSSR count). The zero-order chi connectivity index (χ0) is 16.2. The zero-order valence-corrected chi connectivity index (χ0v) is 12.2. The first-order valence-corrected chi connectivity index (χ1v) is 7.00. The van der Waals surface area contributed by atoms with Crippen LogP contribution in [0.25, 0.3) is 0 Å². The van der Waals surface area contributed by atoms with Crippen LogP contribution >= 0.6 is 0 Å². The van der Waals surface area contributed by atoms with E-state index in [1.165, 1.54) is 19.2 Å². The number of carbonyl (C=O) groups is 1. The van der Waals surface area contributed by atoms with Crippen LogP contribution in [-0.4, -0.2) is 32.8 Å². The van der Waals surface area contributed by atoms with Gasteiger partial charge in [-0.25, -0.2) is 0 Å². The molecule has 1 aliphatic heterocycles. The molecule has 0 radical (unpaired) electrons. The van der Waals surface area contributed by atoms with Crippen LogP contribution in [0.2, 0.25) is 0 Å². The van der Waals surface area contributed by atoms with E-state index >= 15 is 0 Å². The molecule has 4 nitrogen and oxygen atoms in total. The number of benzene rings is 1. The van der Waals surface area contributed by atoms with E-state index in [1.54, 1.807) is 0 Å². The lowest BCUT2D eigenvalue weighted by atomic mass is 9.92. The van der Waals surface area contributed by atoms with Crippen LogP contribution in [0, 0.1) is 11.8 Å². The van der Waals surface area contributed by atoms with Gasteiger partial charge in [0.15, 0.2) is 0 Å². The second-order valence-electron chi connectivity index (χ2n) is 5.22. The molecule has 0 saturated carbocycles. The second kappa shape index (κ2) is 7.00. The molecule has 2 atom stereocenters. The summed E-state index contributed by atoms with van der Waals surface area (Å²) in [5.41, 5.74) is -0.776. The topological polar surface area (TPSA) is 47.6 Å². The number of methoxy groups -OCH3 is 1. The Morgan fingerprint density at radius 2 is 2.23 bits per heavy atom. The highest BCUT2D eigenvalue weighted by atomic mass is 19.4. The largest absolute Gasteiger partial charge is 0.493 e. The lowest BCUT2D eigenvalue weighted by molar-refractivity contribution is -0.148. The van der Waals surface area contributed by atoms with E-state index in [0.717, 1.165) is 25.1 Å². The molecule has 1 aliphatic rings. The highest BCUT2D eigenvalue weighted by molar-refractivity contribution is 5.73. The van der Waals surface area contributed by atoms with Crippen molar-refractivity contribution < 1.29 is 27.4 Å². The smallest absolute Gasteiger partial charge is 0.416 e. The number of halogens is 3. The fraction of sp³-hybridized carbons (Fsp3) is 0.533. The molecular formula is C15H18F3NO3. The summed E-state index contributed by atoms with van der Waals surface area (Å²) in [6.45, 7) is 1.48. The Balaban J connectivity index is 2.04. The summed E-state index contributed by atoms with van der Waals surface area (Å²) in [6.07, 6.45) is -3.61. The van der Waals surface area contributed by atoms with Gasteiger partial charge in [0, 0.05) is 0 Å². The van der Waals surface area contributed by atoms with Crippen molar-refractivity contribution >= 4 is 5.97 Å². The lowest BCUT2D eigenvalue weighted by Gasteiger charge is -2.21. The standard InChI is InChI=1S/C15H18F3NO3/c1-21-14(20)13(10-5-6-19-8-10)9-22-12-4-2-3-11(7-12)15(16,17)18/h2-4,7,10,13,19H,5-6,8-9H2,1H3. The minimum Gasteiger partial charge on any atom is -0.493 e. The minimum atomic E-state index is -4.42. The van der Waals surface area contributed by atoms with Crippen molar-refractivity contribution in [1.29, 1.82) is 0 Å². The third-order valence-electron chi connectivity index (χ3n) is 3.76. The number of hydrogen-bond donors (Lipinski definition) is 1. The van der Waals surface area contributed by atoms with Gasteiger partial charge >= 0.3 is 12.1 Å². The number of hydrogen-bond acceptors (Lipinski definition) is 4. The molecule has 0 aliphatic carbocycles. The summed E-state index contributed by atoms with van der Waals surface area (Å²) in [4.78, 5) is 11.8. The van der Waals surface area contributed by atoms with Gasteiger partial charge in [0.2, 0.25) is 0 Å². The van der Waals surface area contributed by atoms with E-state index in [1.807, 2.05) is 0 Å². The molecule has 1 heterocycles. The summed E-state index contributed by atoms with van der Waals surface area (Å²) >= 11 is 0. The molecule has 1 N–H and O–H groups in total. The molecule has 1 saturated heterocycles. The van der Waals surface area contributed by atoms with E-state index in [4.69, 9.17) is 9.47 Å². The molecule has 1 aromatic rings. The fourth-order valence-electron chi connectivity index (χ4n) is 2.52. The van der Waals surface area contributed by atoms with Crippen LogP contribution in [0.15, 0.2) is 24.3 Å². The summed E-state index contributed by atoms with van der Waals surface area (Å²) in [7, 11) is 1.29. The lowest BCUT2D eigenvalue weighted by Crippen LogP contribution is -2.32. The number of alkyl halides is 3. The van der Waals surface area contributed by atoms with Crippen LogP contribution < -0.4 is 10.1 Å². The average molecular weight is 317 g/mol. The Bertz CT molecular complexity index is 513. The summed E-state index contributed by atoms with van der Waals surface area (Å²) < 4.78 is 48.1. The van der Waals surface area contributed by atoms with Gasteiger partial charge in [0.25, 0.3) is 0 Å². The molecule has 0 spiro atoms. The monoisotopic (exact) mass is 317 g/mol. The van der Waals surface area contributed by atoms with Crippen molar-refractivity contribution in [2.24, 2.45) is 11.8 Å². The fourth-order valence-corrected chi connectivity index (χ4v) is 2.52.